The van der Waals surface area contributed by atoms with Crippen LogP contribution in [0.25, 0.3) is 22.2 Å². The van der Waals surface area contributed by atoms with Gasteiger partial charge >= 0.3 is 5.97 Å². The highest BCUT2D eigenvalue weighted by Crippen LogP contribution is 2.28. The molecule has 4 rings (SSSR count). The van der Waals surface area contributed by atoms with Crippen LogP contribution in [0.15, 0.2) is 51.6 Å². The second-order valence-corrected chi connectivity index (χ2v) is 6.92. The molecule has 0 bridgehead atoms. The number of esters is 1. The zero-order valence-electron chi connectivity index (χ0n) is 15.0. The van der Waals surface area contributed by atoms with Crippen LogP contribution in [0.3, 0.4) is 0 Å². The Morgan fingerprint density at radius 3 is 2.89 bits per heavy atom. The molecule has 142 valence electrons. The van der Waals surface area contributed by atoms with Crippen LogP contribution in [-0.2, 0) is 11.3 Å². The number of carbonyl (C=O) groups is 1. The zero-order valence-corrected chi connectivity index (χ0v) is 15.9. The molecule has 0 fully saturated rings. The maximum absolute atomic E-state index is 12.4. The van der Waals surface area contributed by atoms with Crippen molar-refractivity contribution in [1.29, 1.82) is 0 Å². The third-order valence-electron chi connectivity index (χ3n) is 3.84. The number of aryl methyl sites for hydroxylation is 1. The minimum Gasteiger partial charge on any atom is -0.497 e. The Hall–Kier alpha value is -3.46. The van der Waals surface area contributed by atoms with Crippen LogP contribution in [0.2, 0.25) is 0 Å². The fourth-order valence-electron chi connectivity index (χ4n) is 2.48. The lowest BCUT2D eigenvalue weighted by Crippen LogP contribution is -2.07. The van der Waals surface area contributed by atoms with Gasteiger partial charge in [-0.25, -0.2) is 9.78 Å². The van der Waals surface area contributed by atoms with Gasteiger partial charge in [-0.3, -0.25) is 0 Å². The van der Waals surface area contributed by atoms with Crippen molar-refractivity contribution in [3.05, 3.63) is 59.1 Å². The number of aromatic nitrogens is 3. The lowest BCUT2D eigenvalue weighted by Gasteiger charge is -2.00. The lowest BCUT2D eigenvalue weighted by atomic mass is 10.2. The van der Waals surface area contributed by atoms with Crippen LogP contribution in [0, 0.1) is 6.92 Å². The second kappa shape index (κ2) is 7.65. The number of rotatable bonds is 6. The Bertz CT molecular complexity index is 1100. The number of carbonyl (C=O) groups excluding carboxylic acids is 1. The molecule has 0 spiro atoms. The van der Waals surface area contributed by atoms with Gasteiger partial charge in [-0.2, -0.15) is 4.98 Å². The monoisotopic (exact) mass is 397 g/mol. The van der Waals surface area contributed by atoms with Crippen molar-refractivity contribution in [3.63, 3.8) is 0 Å². The minimum atomic E-state index is -0.562. The first-order valence-corrected chi connectivity index (χ1v) is 9.11. The van der Waals surface area contributed by atoms with Gasteiger partial charge in [-0.05, 0) is 31.2 Å². The Kier molecular flexibility index (Phi) is 4.90. The summed E-state index contributed by atoms with van der Waals surface area (Å²) in [6, 6.07) is 10.8. The quantitative estimate of drug-likeness (QED) is 0.448. The molecule has 0 saturated heterocycles. The standard InChI is InChI=1S/C19H15N3O5S/c1-11-16(21-18(28-11)14-7-4-8-25-14)19(23)26-10-15-20-17(22-27-15)12-5-3-6-13(9-12)24-2/h3-9H,10H2,1-2H3. The van der Waals surface area contributed by atoms with Gasteiger partial charge in [0.25, 0.3) is 5.89 Å². The molecule has 0 aliphatic rings. The molecule has 1 aromatic carbocycles. The summed E-state index contributed by atoms with van der Waals surface area (Å²) in [6.07, 6.45) is 1.56. The number of thiazole rings is 1. The first kappa shape index (κ1) is 17.9. The van der Waals surface area contributed by atoms with E-state index in [-0.39, 0.29) is 18.2 Å². The Balaban J connectivity index is 1.44. The minimum absolute atomic E-state index is 0.150. The van der Waals surface area contributed by atoms with Crippen LogP contribution >= 0.6 is 11.3 Å². The summed E-state index contributed by atoms with van der Waals surface area (Å²) < 4.78 is 20.9. The highest BCUT2D eigenvalue weighted by atomic mass is 32.1. The molecule has 4 aromatic rings. The Morgan fingerprint density at radius 2 is 2.11 bits per heavy atom. The molecule has 0 radical (unpaired) electrons. The molecule has 0 atom stereocenters. The predicted octanol–water partition coefficient (Wildman–Crippen LogP) is 4.13. The van der Waals surface area contributed by atoms with Crippen LogP contribution in [0.5, 0.6) is 5.75 Å². The van der Waals surface area contributed by atoms with Crippen molar-refractivity contribution in [1.82, 2.24) is 15.1 Å². The lowest BCUT2D eigenvalue weighted by molar-refractivity contribution is 0.0423. The van der Waals surface area contributed by atoms with Gasteiger partial charge in [0.05, 0.1) is 13.4 Å². The number of furan rings is 1. The van der Waals surface area contributed by atoms with E-state index < -0.39 is 5.97 Å². The predicted molar refractivity (Wildman–Crippen MR) is 100.0 cm³/mol. The molecular weight excluding hydrogens is 382 g/mol. The number of benzene rings is 1. The van der Waals surface area contributed by atoms with E-state index in [0.29, 0.717) is 22.3 Å². The molecule has 0 amide bonds. The SMILES string of the molecule is COc1cccc(-c2noc(COC(=O)c3nc(-c4ccco4)sc3C)n2)c1. The second-order valence-electron chi connectivity index (χ2n) is 5.72. The van der Waals surface area contributed by atoms with E-state index >= 15 is 0 Å². The van der Waals surface area contributed by atoms with Crippen molar-refractivity contribution in [2.45, 2.75) is 13.5 Å². The summed E-state index contributed by atoms with van der Waals surface area (Å²) in [5.41, 5.74) is 0.975. The van der Waals surface area contributed by atoms with Gasteiger partial charge < -0.3 is 18.4 Å². The Labute approximate surface area is 163 Å². The molecule has 0 N–H and O–H groups in total. The molecule has 0 saturated carbocycles. The van der Waals surface area contributed by atoms with Crippen molar-refractivity contribution in [2.24, 2.45) is 0 Å². The number of hydrogen-bond donors (Lipinski definition) is 0. The molecule has 3 heterocycles. The number of nitrogens with zero attached hydrogens (tertiary/aromatic N) is 3. The molecule has 3 aromatic heterocycles. The van der Waals surface area contributed by atoms with Gasteiger partial charge in [-0.15, -0.1) is 11.3 Å². The van der Waals surface area contributed by atoms with Gasteiger partial charge in [0, 0.05) is 10.4 Å². The van der Waals surface area contributed by atoms with Crippen molar-refractivity contribution in [2.75, 3.05) is 7.11 Å². The van der Waals surface area contributed by atoms with E-state index in [4.69, 9.17) is 18.4 Å². The average molecular weight is 397 g/mol. The topological polar surface area (TPSA) is 100 Å². The maximum Gasteiger partial charge on any atom is 0.358 e. The van der Waals surface area contributed by atoms with Gasteiger partial charge in [0.15, 0.2) is 23.1 Å². The fraction of sp³-hybridized carbons (Fsp3) is 0.158. The molecular formula is C19H15N3O5S. The third kappa shape index (κ3) is 3.65. The highest BCUT2D eigenvalue weighted by molar-refractivity contribution is 7.15. The zero-order chi connectivity index (χ0) is 19.5. The van der Waals surface area contributed by atoms with E-state index in [1.54, 1.807) is 38.5 Å². The highest BCUT2D eigenvalue weighted by Gasteiger charge is 2.20. The first-order valence-electron chi connectivity index (χ1n) is 8.29. The van der Waals surface area contributed by atoms with E-state index in [1.807, 2.05) is 18.2 Å². The Morgan fingerprint density at radius 1 is 1.21 bits per heavy atom. The van der Waals surface area contributed by atoms with Crippen LogP contribution in [0.4, 0.5) is 0 Å². The molecule has 0 aliphatic carbocycles. The van der Waals surface area contributed by atoms with Crippen molar-refractivity contribution < 1.29 is 23.2 Å². The van der Waals surface area contributed by atoms with Gasteiger partial charge in [0.1, 0.15) is 5.75 Å². The first-order chi connectivity index (χ1) is 13.6. The summed E-state index contributed by atoms with van der Waals surface area (Å²) in [4.78, 5) is 21.7. The molecule has 0 unspecified atom stereocenters. The van der Waals surface area contributed by atoms with Crippen LogP contribution in [0.1, 0.15) is 21.3 Å². The molecule has 28 heavy (non-hydrogen) atoms. The van der Waals surface area contributed by atoms with Crippen LogP contribution in [-0.4, -0.2) is 28.2 Å². The van der Waals surface area contributed by atoms with Crippen molar-refractivity contribution in [3.8, 4) is 27.9 Å². The third-order valence-corrected chi connectivity index (χ3v) is 4.83. The van der Waals surface area contributed by atoms with E-state index in [1.165, 1.54) is 11.3 Å². The van der Waals surface area contributed by atoms with Crippen molar-refractivity contribution >= 4 is 17.3 Å². The smallest absolute Gasteiger partial charge is 0.358 e. The van der Waals surface area contributed by atoms with Crippen LogP contribution < -0.4 is 4.74 Å². The van der Waals surface area contributed by atoms with E-state index in [2.05, 4.69) is 15.1 Å². The summed E-state index contributed by atoms with van der Waals surface area (Å²) in [5, 5.41) is 4.53. The fourth-order valence-corrected chi connectivity index (χ4v) is 3.35. The van der Waals surface area contributed by atoms with Gasteiger partial charge in [-0.1, -0.05) is 17.3 Å². The molecule has 0 aliphatic heterocycles. The molecule has 9 heteroatoms. The largest absolute Gasteiger partial charge is 0.497 e. The summed E-state index contributed by atoms with van der Waals surface area (Å²) in [7, 11) is 1.58. The summed E-state index contributed by atoms with van der Waals surface area (Å²) >= 11 is 1.36. The maximum atomic E-state index is 12.4. The van der Waals surface area contributed by atoms with E-state index in [0.717, 1.165) is 10.4 Å². The number of ether oxygens (including phenoxy) is 2. The summed E-state index contributed by atoms with van der Waals surface area (Å²) in [6.45, 7) is 1.65. The number of methoxy groups -OCH3 is 1. The normalized spacial score (nSPS) is 10.8. The molecule has 8 nitrogen and oxygen atoms in total. The van der Waals surface area contributed by atoms with Gasteiger partial charge in [0.2, 0.25) is 5.82 Å². The average Bonchev–Trinajstić information content (AvgIpc) is 3.46. The van der Waals surface area contributed by atoms with E-state index in [9.17, 15) is 4.79 Å². The number of hydrogen-bond acceptors (Lipinski definition) is 9. The summed E-state index contributed by atoms with van der Waals surface area (Å²) in [5.74, 6) is 1.29.